The molecule has 2 rings (SSSR count). The third-order valence-corrected chi connectivity index (χ3v) is 3.42. The molecule has 0 saturated carbocycles. The minimum atomic E-state index is -1.52. The van der Waals surface area contributed by atoms with E-state index in [1.165, 1.54) is 17.3 Å². The largest absolute Gasteiger partial charge is 0.380 e. The molecular weight excluding hydrogens is 290 g/mol. The summed E-state index contributed by atoms with van der Waals surface area (Å²) in [6, 6.07) is 6.52. The minimum Gasteiger partial charge on any atom is -0.380 e. The molecule has 1 heterocycles. The minimum absolute atomic E-state index is 0.0760. The second kappa shape index (κ2) is 6.37. The molecule has 1 aromatic heterocycles. The Hall–Kier alpha value is -1.72. The summed E-state index contributed by atoms with van der Waals surface area (Å²) in [5, 5.41) is 15.4. The van der Waals surface area contributed by atoms with Crippen LogP contribution in [0.1, 0.15) is 30.6 Å². The van der Waals surface area contributed by atoms with Crippen molar-refractivity contribution in [2.75, 3.05) is 0 Å². The van der Waals surface area contributed by atoms with Crippen molar-refractivity contribution in [3.05, 3.63) is 47.5 Å². The molecule has 5 nitrogen and oxygen atoms in total. The topological polar surface area (TPSA) is 68.0 Å². The van der Waals surface area contributed by atoms with E-state index in [4.69, 9.17) is 11.6 Å². The highest BCUT2D eigenvalue weighted by Crippen LogP contribution is 2.24. The molecule has 21 heavy (non-hydrogen) atoms. The fourth-order valence-corrected chi connectivity index (χ4v) is 2.48. The van der Waals surface area contributed by atoms with Gasteiger partial charge < -0.3 is 5.11 Å². The zero-order valence-corrected chi connectivity index (χ0v) is 12.8. The molecule has 1 atom stereocenters. The zero-order chi connectivity index (χ0) is 15.5. The van der Waals surface area contributed by atoms with Gasteiger partial charge >= 0.3 is 0 Å². The predicted octanol–water partition coefficient (Wildman–Crippen LogP) is 2.59. The van der Waals surface area contributed by atoms with Crippen LogP contribution in [0.15, 0.2) is 36.9 Å². The molecule has 0 fully saturated rings. The lowest BCUT2D eigenvalue weighted by Gasteiger charge is -2.28. The van der Waals surface area contributed by atoms with Gasteiger partial charge in [-0.25, -0.2) is 9.67 Å². The van der Waals surface area contributed by atoms with Gasteiger partial charge in [0.2, 0.25) is 0 Å². The molecule has 0 bridgehead atoms. The molecule has 6 heteroatoms. The van der Waals surface area contributed by atoms with E-state index in [9.17, 15) is 9.90 Å². The Morgan fingerprint density at radius 3 is 2.57 bits per heavy atom. The Labute approximate surface area is 128 Å². The number of aromatic nitrogens is 3. The Morgan fingerprint density at radius 1 is 1.38 bits per heavy atom. The van der Waals surface area contributed by atoms with Crippen LogP contribution in [-0.4, -0.2) is 31.3 Å². The molecule has 1 aromatic carbocycles. The molecule has 0 aliphatic carbocycles. The van der Waals surface area contributed by atoms with E-state index in [-0.39, 0.29) is 18.2 Å². The molecule has 1 N–H and O–H groups in total. The number of carbonyl (C=O) groups is 1. The maximum Gasteiger partial charge on any atom is 0.196 e. The normalized spacial score (nSPS) is 14.1. The first-order valence-electron chi connectivity index (χ1n) is 6.76. The molecule has 2 aromatic rings. The van der Waals surface area contributed by atoms with Crippen LogP contribution in [0.25, 0.3) is 0 Å². The fourth-order valence-electron chi connectivity index (χ4n) is 2.36. The van der Waals surface area contributed by atoms with E-state index in [2.05, 4.69) is 10.1 Å². The number of hydrogen-bond donors (Lipinski definition) is 1. The van der Waals surface area contributed by atoms with Crippen LogP contribution in [0.2, 0.25) is 5.02 Å². The Balaban J connectivity index is 2.29. The Kier molecular flexibility index (Phi) is 4.75. The summed E-state index contributed by atoms with van der Waals surface area (Å²) >= 11 is 5.83. The summed E-state index contributed by atoms with van der Waals surface area (Å²) in [4.78, 5) is 16.5. The number of hydrogen-bond acceptors (Lipinski definition) is 4. The van der Waals surface area contributed by atoms with Gasteiger partial charge in [-0.3, -0.25) is 4.79 Å². The summed E-state index contributed by atoms with van der Waals surface area (Å²) in [7, 11) is 0. The molecule has 1 unspecified atom stereocenters. The predicted molar refractivity (Wildman–Crippen MR) is 80.2 cm³/mol. The lowest BCUT2D eigenvalue weighted by atomic mass is 9.85. The highest BCUT2D eigenvalue weighted by atomic mass is 35.5. The van der Waals surface area contributed by atoms with Crippen molar-refractivity contribution < 1.29 is 9.90 Å². The second-order valence-electron chi connectivity index (χ2n) is 5.56. The van der Waals surface area contributed by atoms with Gasteiger partial charge in [0.05, 0.1) is 6.54 Å². The van der Waals surface area contributed by atoms with Crippen molar-refractivity contribution in [2.24, 2.45) is 5.92 Å². The van der Waals surface area contributed by atoms with Gasteiger partial charge in [-0.2, -0.15) is 5.10 Å². The van der Waals surface area contributed by atoms with Gasteiger partial charge in [0.15, 0.2) is 5.78 Å². The molecule has 0 saturated heterocycles. The summed E-state index contributed by atoms with van der Waals surface area (Å²) in [5.41, 5.74) is -1.09. The quantitative estimate of drug-likeness (QED) is 0.833. The fraction of sp³-hybridized carbons (Fsp3) is 0.400. The first-order chi connectivity index (χ1) is 9.90. The summed E-state index contributed by atoms with van der Waals surface area (Å²) in [6.07, 6.45) is 3.21. The van der Waals surface area contributed by atoms with E-state index >= 15 is 0 Å². The van der Waals surface area contributed by atoms with Crippen molar-refractivity contribution in [3.8, 4) is 0 Å². The molecule has 0 spiro atoms. The van der Waals surface area contributed by atoms with E-state index in [0.29, 0.717) is 17.0 Å². The van der Waals surface area contributed by atoms with E-state index in [1.807, 2.05) is 13.8 Å². The molecule has 112 valence electrons. The van der Waals surface area contributed by atoms with Crippen LogP contribution < -0.4 is 0 Å². The van der Waals surface area contributed by atoms with Crippen LogP contribution in [0.4, 0.5) is 0 Å². The standard InChI is InChI=1S/C15H18ClN3O2/c1-11(2)7-15(21,8-19-10-17-9-18-19)14(20)12-3-5-13(16)6-4-12/h3-6,9-11,21H,7-8H2,1-2H3. The van der Waals surface area contributed by atoms with Crippen molar-refractivity contribution in [2.45, 2.75) is 32.4 Å². The van der Waals surface area contributed by atoms with Gasteiger partial charge in [-0.05, 0) is 36.6 Å². The number of nitrogens with zero attached hydrogens (tertiary/aromatic N) is 3. The maximum absolute atomic E-state index is 12.7. The van der Waals surface area contributed by atoms with Crippen LogP contribution in [0, 0.1) is 5.92 Å². The van der Waals surface area contributed by atoms with Crippen molar-refractivity contribution >= 4 is 17.4 Å². The van der Waals surface area contributed by atoms with Gasteiger partial charge in [0.25, 0.3) is 0 Å². The number of benzene rings is 1. The Morgan fingerprint density at radius 2 is 2.05 bits per heavy atom. The van der Waals surface area contributed by atoms with Crippen molar-refractivity contribution in [3.63, 3.8) is 0 Å². The van der Waals surface area contributed by atoms with Crippen LogP contribution >= 0.6 is 11.6 Å². The first-order valence-corrected chi connectivity index (χ1v) is 7.14. The molecule has 0 radical (unpaired) electrons. The Bertz CT molecular complexity index is 596. The highest BCUT2D eigenvalue weighted by Gasteiger charge is 2.37. The summed E-state index contributed by atoms with van der Waals surface area (Å²) < 4.78 is 1.47. The lowest BCUT2D eigenvalue weighted by Crippen LogP contribution is -2.44. The van der Waals surface area contributed by atoms with Gasteiger partial charge in [0, 0.05) is 10.6 Å². The smallest absolute Gasteiger partial charge is 0.196 e. The van der Waals surface area contributed by atoms with E-state index in [0.717, 1.165) is 0 Å². The molecule has 0 amide bonds. The lowest BCUT2D eigenvalue weighted by molar-refractivity contribution is 0.00889. The van der Waals surface area contributed by atoms with E-state index < -0.39 is 5.60 Å². The number of Topliss-reactive ketones (excluding diaryl/α,β-unsaturated/α-hetero) is 1. The van der Waals surface area contributed by atoms with Crippen LogP contribution in [0.5, 0.6) is 0 Å². The SMILES string of the molecule is CC(C)CC(O)(Cn1cncn1)C(=O)c1ccc(Cl)cc1. The average molecular weight is 308 g/mol. The highest BCUT2D eigenvalue weighted by molar-refractivity contribution is 6.30. The zero-order valence-electron chi connectivity index (χ0n) is 12.0. The number of rotatable bonds is 6. The first kappa shape index (κ1) is 15.7. The summed E-state index contributed by atoms with van der Waals surface area (Å²) in [5.74, 6) is -0.168. The number of aliphatic hydroxyl groups is 1. The molecule has 0 aliphatic heterocycles. The second-order valence-corrected chi connectivity index (χ2v) is 6.00. The third-order valence-electron chi connectivity index (χ3n) is 3.17. The molecule has 0 aliphatic rings. The van der Waals surface area contributed by atoms with Gasteiger partial charge in [-0.15, -0.1) is 0 Å². The van der Waals surface area contributed by atoms with Crippen molar-refractivity contribution in [1.82, 2.24) is 14.8 Å². The maximum atomic E-state index is 12.7. The van der Waals surface area contributed by atoms with Crippen molar-refractivity contribution in [1.29, 1.82) is 0 Å². The van der Waals surface area contributed by atoms with Crippen LogP contribution in [0.3, 0.4) is 0 Å². The molecular formula is C15H18ClN3O2. The number of halogens is 1. The van der Waals surface area contributed by atoms with Gasteiger partial charge in [-0.1, -0.05) is 25.4 Å². The number of ketones is 1. The average Bonchev–Trinajstić information content (AvgIpc) is 2.90. The van der Waals surface area contributed by atoms with Gasteiger partial charge in [0.1, 0.15) is 18.3 Å². The monoisotopic (exact) mass is 307 g/mol. The summed E-state index contributed by atoms with van der Waals surface area (Å²) in [6.45, 7) is 4.00. The van der Waals surface area contributed by atoms with E-state index in [1.54, 1.807) is 24.3 Å². The van der Waals surface area contributed by atoms with Crippen LogP contribution in [-0.2, 0) is 6.54 Å². The number of carbonyl (C=O) groups excluding carboxylic acids is 1. The third kappa shape index (κ3) is 3.89.